The highest BCUT2D eigenvalue weighted by Gasteiger charge is 2.41. The van der Waals surface area contributed by atoms with Gasteiger partial charge in [0.1, 0.15) is 5.82 Å². The van der Waals surface area contributed by atoms with Crippen molar-refractivity contribution in [3.63, 3.8) is 0 Å². The van der Waals surface area contributed by atoms with Gasteiger partial charge >= 0.3 is 0 Å². The number of halogens is 1. The lowest BCUT2D eigenvalue weighted by atomic mass is 9.82. The van der Waals surface area contributed by atoms with Gasteiger partial charge in [-0.05, 0) is 25.8 Å². The van der Waals surface area contributed by atoms with Crippen molar-refractivity contribution in [2.75, 3.05) is 12.3 Å². The monoisotopic (exact) mass is 312 g/mol. The molecular formula is C15H25ClN4O. The minimum Gasteiger partial charge on any atom is -0.383 e. The molecule has 1 aromatic heterocycles. The number of nitrogens with one attached hydrogen (secondary N) is 1. The summed E-state index contributed by atoms with van der Waals surface area (Å²) in [5, 5.41) is 0.555. The van der Waals surface area contributed by atoms with Crippen molar-refractivity contribution in [1.29, 1.82) is 0 Å². The van der Waals surface area contributed by atoms with E-state index >= 15 is 0 Å². The molecule has 118 valence electrons. The fourth-order valence-corrected chi connectivity index (χ4v) is 3.52. The maximum absolute atomic E-state index is 6.18. The third-order valence-electron chi connectivity index (χ3n) is 4.30. The summed E-state index contributed by atoms with van der Waals surface area (Å²) in [5.41, 5.74) is 9.42. The second-order valence-electron chi connectivity index (χ2n) is 5.64. The summed E-state index contributed by atoms with van der Waals surface area (Å²) in [6.45, 7) is 2.66. The maximum Gasteiger partial charge on any atom is 0.128 e. The van der Waals surface area contributed by atoms with Crippen molar-refractivity contribution in [3.05, 3.63) is 22.8 Å². The Morgan fingerprint density at radius 1 is 1.38 bits per heavy atom. The number of hydrazine groups is 1. The van der Waals surface area contributed by atoms with E-state index in [1.807, 2.05) is 13.0 Å². The predicted molar refractivity (Wildman–Crippen MR) is 85.8 cm³/mol. The van der Waals surface area contributed by atoms with Gasteiger partial charge in [-0.1, -0.05) is 37.3 Å². The van der Waals surface area contributed by atoms with E-state index in [1.165, 1.54) is 12.8 Å². The minimum absolute atomic E-state index is 0.207. The van der Waals surface area contributed by atoms with Gasteiger partial charge in [-0.25, -0.2) is 10.4 Å². The standard InChI is InChI=1S/C15H25ClN4O/c1-2-21-15(7-5-3-4-6-8-15)13(20-18)12-9-11(16)10-19-14(12)17/h9-10,13,20H,2-8,18H2,1H3,(H2,17,19). The lowest BCUT2D eigenvalue weighted by Crippen LogP contribution is -2.48. The van der Waals surface area contributed by atoms with E-state index in [4.69, 9.17) is 27.9 Å². The van der Waals surface area contributed by atoms with E-state index in [2.05, 4.69) is 10.4 Å². The zero-order valence-electron chi connectivity index (χ0n) is 12.6. The quantitative estimate of drug-likeness (QED) is 0.442. The molecule has 2 rings (SSSR count). The van der Waals surface area contributed by atoms with Crippen molar-refractivity contribution in [1.82, 2.24) is 10.4 Å². The molecule has 0 bridgehead atoms. The molecule has 1 aliphatic rings. The Morgan fingerprint density at radius 2 is 2.05 bits per heavy atom. The van der Waals surface area contributed by atoms with Gasteiger partial charge in [0, 0.05) is 18.4 Å². The molecule has 1 heterocycles. The minimum atomic E-state index is -0.347. The molecule has 1 fully saturated rings. The average Bonchev–Trinajstić information content (AvgIpc) is 2.70. The highest BCUT2D eigenvalue weighted by Crippen LogP contribution is 2.41. The van der Waals surface area contributed by atoms with Crippen LogP contribution in [0, 0.1) is 0 Å². The number of nitrogen functional groups attached to an aromatic ring is 1. The first-order valence-electron chi connectivity index (χ1n) is 7.64. The number of rotatable bonds is 5. The van der Waals surface area contributed by atoms with Crippen LogP contribution in [0.2, 0.25) is 5.02 Å². The first kappa shape index (κ1) is 16.5. The lowest BCUT2D eigenvalue weighted by Gasteiger charge is -2.40. The van der Waals surface area contributed by atoms with Crippen LogP contribution in [0.25, 0.3) is 0 Å². The van der Waals surface area contributed by atoms with Crippen LogP contribution in [0.5, 0.6) is 0 Å². The Balaban J connectivity index is 2.41. The molecule has 1 aliphatic carbocycles. The summed E-state index contributed by atoms with van der Waals surface area (Å²) in [7, 11) is 0. The molecule has 1 unspecified atom stereocenters. The van der Waals surface area contributed by atoms with Gasteiger partial charge in [0.2, 0.25) is 0 Å². The summed E-state index contributed by atoms with van der Waals surface area (Å²) >= 11 is 6.08. The van der Waals surface area contributed by atoms with Crippen molar-refractivity contribution in [2.24, 2.45) is 5.84 Å². The van der Waals surface area contributed by atoms with E-state index < -0.39 is 0 Å². The molecule has 6 heteroatoms. The third-order valence-corrected chi connectivity index (χ3v) is 4.51. The topological polar surface area (TPSA) is 86.2 Å². The summed E-state index contributed by atoms with van der Waals surface area (Å²) in [6, 6.07) is 1.63. The number of nitrogens with two attached hydrogens (primary N) is 2. The number of hydrogen-bond acceptors (Lipinski definition) is 5. The summed E-state index contributed by atoms with van der Waals surface area (Å²) in [6.07, 6.45) is 8.20. The van der Waals surface area contributed by atoms with Crippen LogP contribution < -0.4 is 17.0 Å². The molecule has 5 nitrogen and oxygen atoms in total. The summed E-state index contributed by atoms with van der Waals surface area (Å²) in [5.74, 6) is 6.31. The molecule has 21 heavy (non-hydrogen) atoms. The van der Waals surface area contributed by atoms with Gasteiger partial charge in [0.25, 0.3) is 0 Å². The Morgan fingerprint density at radius 3 is 2.62 bits per heavy atom. The molecule has 0 amide bonds. The van der Waals surface area contributed by atoms with Crippen molar-refractivity contribution in [2.45, 2.75) is 57.1 Å². The largest absolute Gasteiger partial charge is 0.383 e. The van der Waals surface area contributed by atoms with Crippen molar-refractivity contribution < 1.29 is 4.74 Å². The highest BCUT2D eigenvalue weighted by atomic mass is 35.5. The van der Waals surface area contributed by atoms with E-state index in [1.54, 1.807) is 6.20 Å². The van der Waals surface area contributed by atoms with Gasteiger partial charge < -0.3 is 10.5 Å². The van der Waals surface area contributed by atoms with Crippen LogP contribution in [-0.2, 0) is 4.74 Å². The highest BCUT2D eigenvalue weighted by molar-refractivity contribution is 6.30. The molecular weight excluding hydrogens is 288 g/mol. The first-order chi connectivity index (χ1) is 10.1. The lowest BCUT2D eigenvalue weighted by molar-refractivity contribution is -0.0781. The van der Waals surface area contributed by atoms with Gasteiger partial charge in [0.15, 0.2) is 0 Å². The number of aromatic nitrogens is 1. The molecule has 0 aromatic carbocycles. The second-order valence-corrected chi connectivity index (χ2v) is 6.08. The molecule has 0 saturated heterocycles. The Labute approximate surface area is 131 Å². The summed E-state index contributed by atoms with van der Waals surface area (Å²) < 4.78 is 6.18. The molecule has 1 atom stereocenters. The van der Waals surface area contributed by atoms with Crippen LogP contribution in [0.3, 0.4) is 0 Å². The zero-order valence-corrected chi connectivity index (χ0v) is 13.3. The third kappa shape index (κ3) is 3.66. The van der Waals surface area contributed by atoms with Crippen LogP contribution in [0.1, 0.15) is 57.1 Å². The number of hydrogen-bond donors (Lipinski definition) is 3. The van der Waals surface area contributed by atoms with Gasteiger partial charge in [0.05, 0.1) is 16.7 Å². The molecule has 0 spiro atoms. The molecule has 0 radical (unpaired) electrons. The van der Waals surface area contributed by atoms with E-state index in [0.29, 0.717) is 17.4 Å². The fraction of sp³-hybridized carbons (Fsp3) is 0.667. The van der Waals surface area contributed by atoms with Crippen LogP contribution in [0.15, 0.2) is 12.3 Å². The number of anilines is 1. The zero-order chi connectivity index (χ0) is 15.3. The number of pyridine rings is 1. The first-order valence-corrected chi connectivity index (χ1v) is 8.02. The maximum atomic E-state index is 6.18. The normalized spacial score (nSPS) is 20.0. The Kier molecular flexibility index (Phi) is 5.81. The smallest absolute Gasteiger partial charge is 0.128 e. The van der Waals surface area contributed by atoms with Gasteiger partial charge in [-0.2, -0.15) is 0 Å². The van der Waals surface area contributed by atoms with E-state index in [9.17, 15) is 0 Å². The van der Waals surface area contributed by atoms with E-state index in [0.717, 1.165) is 31.2 Å². The Hall–Kier alpha value is -0.880. The van der Waals surface area contributed by atoms with Gasteiger partial charge in [-0.3, -0.25) is 5.84 Å². The molecule has 5 N–H and O–H groups in total. The molecule has 1 aromatic rings. The van der Waals surface area contributed by atoms with Crippen LogP contribution >= 0.6 is 11.6 Å². The van der Waals surface area contributed by atoms with Crippen molar-refractivity contribution in [3.8, 4) is 0 Å². The fourth-order valence-electron chi connectivity index (χ4n) is 3.35. The number of nitrogens with zero attached hydrogens (tertiary/aromatic N) is 1. The molecule has 1 saturated carbocycles. The van der Waals surface area contributed by atoms with Crippen LogP contribution in [0.4, 0.5) is 5.82 Å². The average molecular weight is 313 g/mol. The van der Waals surface area contributed by atoms with Gasteiger partial charge in [-0.15, -0.1) is 0 Å². The van der Waals surface area contributed by atoms with E-state index in [-0.39, 0.29) is 11.6 Å². The number of ether oxygens (including phenoxy) is 1. The molecule has 0 aliphatic heterocycles. The second kappa shape index (κ2) is 7.40. The van der Waals surface area contributed by atoms with Crippen LogP contribution in [-0.4, -0.2) is 17.2 Å². The summed E-state index contributed by atoms with van der Waals surface area (Å²) in [4.78, 5) is 4.15. The van der Waals surface area contributed by atoms with Crippen molar-refractivity contribution >= 4 is 17.4 Å². The predicted octanol–water partition coefficient (Wildman–Crippen LogP) is 2.95. The Bertz CT molecular complexity index is 461. The SMILES string of the molecule is CCOC1(C(NN)c2cc(Cl)cnc2N)CCCCCC1.